The highest BCUT2D eigenvalue weighted by Gasteiger charge is 2.10. The highest BCUT2D eigenvalue weighted by Crippen LogP contribution is 2.30. The maximum absolute atomic E-state index is 11.6. The molecule has 96 valence electrons. The minimum atomic E-state index is -0.189. The van der Waals surface area contributed by atoms with Crippen molar-refractivity contribution in [1.29, 1.82) is 0 Å². The molecule has 3 rings (SSSR count). The van der Waals surface area contributed by atoms with Crippen LogP contribution in [0.3, 0.4) is 0 Å². The Labute approximate surface area is 124 Å². The molecule has 1 aromatic carbocycles. The molecule has 3 aromatic rings. The highest BCUT2D eigenvalue weighted by atomic mass is 79.9. The smallest absolute Gasteiger partial charge is 0.261 e. The summed E-state index contributed by atoms with van der Waals surface area (Å²) in [5.74, 6) is 0. The molecule has 0 radical (unpaired) electrons. The standard InChI is InChI=1S/C12H8Br2N4O/c13-10(14)7-2-1-3-8(4-7)18-11-9(5-17-18)12(19)16-6-15-11/h1-6,10H,(H,15,16,19). The minimum absolute atomic E-state index is 0.0677. The van der Waals surface area contributed by atoms with E-state index in [1.807, 2.05) is 24.3 Å². The molecule has 5 nitrogen and oxygen atoms in total. The lowest BCUT2D eigenvalue weighted by atomic mass is 10.2. The fraction of sp³-hybridized carbons (Fsp3) is 0.0833. The van der Waals surface area contributed by atoms with E-state index in [0.29, 0.717) is 11.0 Å². The predicted molar refractivity (Wildman–Crippen MR) is 80.1 cm³/mol. The number of fused-ring (bicyclic) bond motifs is 1. The van der Waals surface area contributed by atoms with Crippen molar-refractivity contribution in [1.82, 2.24) is 19.7 Å². The number of alkyl halides is 2. The van der Waals surface area contributed by atoms with Gasteiger partial charge >= 0.3 is 0 Å². The molecule has 0 unspecified atom stereocenters. The van der Waals surface area contributed by atoms with Gasteiger partial charge in [0.25, 0.3) is 5.56 Å². The first-order chi connectivity index (χ1) is 9.16. The Morgan fingerprint density at radius 1 is 1.32 bits per heavy atom. The molecule has 0 aliphatic carbocycles. The van der Waals surface area contributed by atoms with Gasteiger partial charge in [0.15, 0.2) is 5.65 Å². The average Bonchev–Trinajstić information content (AvgIpc) is 2.84. The fourth-order valence-electron chi connectivity index (χ4n) is 1.84. The third-order valence-corrected chi connectivity index (χ3v) is 3.80. The van der Waals surface area contributed by atoms with E-state index in [1.165, 1.54) is 12.5 Å². The van der Waals surface area contributed by atoms with Crippen molar-refractivity contribution >= 4 is 42.9 Å². The van der Waals surface area contributed by atoms with Crippen molar-refractivity contribution in [2.75, 3.05) is 0 Å². The molecular weight excluding hydrogens is 376 g/mol. The third kappa shape index (κ3) is 2.23. The third-order valence-electron chi connectivity index (χ3n) is 2.74. The second kappa shape index (κ2) is 4.90. The van der Waals surface area contributed by atoms with Crippen molar-refractivity contribution in [3.05, 3.63) is 52.7 Å². The van der Waals surface area contributed by atoms with Gasteiger partial charge in [-0.3, -0.25) is 4.79 Å². The normalized spacial score (nSPS) is 11.3. The molecule has 0 amide bonds. The Balaban J connectivity index is 2.22. The minimum Gasteiger partial charge on any atom is -0.312 e. The summed E-state index contributed by atoms with van der Waals surface area (Å²) in [5.41, 5.74) is 2.27. The molecule has 0 spiro atoms. The number of aromatic nitrogens is 4. The Morgan fingerprint density at radius 3 is 2.95 bits per heavy atom. The monoisotopic (exact) mass is 382 g/mol. The van der Waals surface area contributed by atoms with Crippen LogP contribution in [0.4, 0.5) is 0 Å². The van der Waals surface area contributed by atoms with Gasteiger partial charge in [-0.25, -0.2) is 9.67 Å². The molecule has 2 heterocycles. The van der Waals surface area contributed by atoms with Gasteiger partial charge < -0.3 is 4.98 Å². The molecule has 0 aliphatic rings. The van der Waals surface area contributed by atoms with E-state index in [-0.39, 0.29) is 9.30 Å². The molecule has 7 heteroatoms. The number of hydrogen-bond acceptors (Lipinski definition) is 3. The molecule has 0 saturated carbocycles. The zero-order valence-corrected chi connectivity index (χ0v) is 12.7. The molecule has 0 bridgehead atoms. The van der Waals surface area contributed by atoms with Crippen LogP contribution in [0.15, 0.2) is 41.6 Å². The Morgan fingerprint density at radius 2 is 2.16 bits per heavy atom. The summed E-state index contributed by atoms with van der Waals surface area (Å²) in [5, 5.41) is 4.70. The van der Waals surface area contributed by atoms with Crippen LogP contribution in [0, 0.1) is 0 Å². The molecule has 2 aromatic heterocycles. The number of hydrogen-bond donors (Lipinski definition) is 1. The lowest BCUT2D eigenvalue weighted by Gasteiger charge is -2.06. The summed E-state index contributed by atoms with van der Waals surface area (Å²) in [6.07, 6.45) is 2.90. The van der Waals surface area contributed by atoms with Crippen LogP contribution in [0.25, 0.3) is 16.7 Å². The van der Waals surface area contributed by atoms with E-state index in [9.17, 15) is 4.79 Å². The maximum Gasteiger partial charge on any atom is 0.261 e. The average molecular weight is 384 g/mol. The summed E-state index contributed by atoms with van der Waals surface area (Å²) in [7, 11) is 0. The summed E-state index contributed by atoms with van der Waals surface area (Å²) < 4.78 is 1.72. The van der Waals surface area contributed by atoms with E-state index >= 15 is 0 Å². The van der Waals surface area contributed by atoms with E-state index in [0.717, 1.165) is 11.3 Å². The van der Waals surface area contributed by atoms with Crippen LogP contribution in [-0.2, 0) is 0 Å². The van der Waals surface area contributed by atoms with Gasteiger partial charge in [-0.15, -0.1) is 0 Å². The van der Waals surface area contributed by atoms with Crippen molar-refractivity contribution < 1.29 is 0 Å². The summed E-state index contributed by atoms with van der Waals surface area (Å²) in [6.45, 7) is 0. The molecule has 1 N–H and O–H groups in total. The maximum atomic E-state index is 11.6. The summed E-state index contributed by atoms with van der Waals surface area (Å²) >= 11 is 6.92. The lowest BCUT2D eigenvalue weighted by Crippen LogP contribution is -2.06. The zero-order valence-electron chi connectivity index (χ0n) is 9.55. The van der Waals surface area contributed by atoms with Crippen LogP contribution in [-0.4, -0.2) is 19.7 Å². The van der Waals surface area contributed by atoms with Crippen molar-refractivity contribution in [2.24, 2.45) is 0 Å². The second-order valence-corrected chi connectivity index (χ2v) is 6.98. The van der Waals surface area contributed by atoms with Gasteiger partial charge in [0.1, 0.15) is 5.39 Å². The van der Waals surface area contributed by atoms with E-state index in [1.54, 1.807) is 4.68 Å². The first-order valence-corrected chi connectivity index (χ1v) is 7.30. The first kappa shape index (κ1) is 12.6. The Hall–Kier alpha value is -1.47. The van der Waals surface area contributed by atoms with Gasteiger partial charge in [0.2, 0.25) is 0 Å². The van der Waals surface area contributed by atoms with Gasteiger partial charge in [-0.05, 0) is 17.7 Å². The number of aromatic amines is 1. The van der Waals surface area contributed by atoms with Crippen LogP contribution >= 0.6 is 31.9 Å². The Bertz CT molecular complexity index is 794. The van der Waals surface area contributed by atoms with Gasteiger partial charge in [0.05, 0.1) is 21.9 Å². The summed E-state index contributed by atoms with van der Waals surface area (Å²) in [4.78, 5) is 18.3. The zero-order chi connectivity index (χ0) is 13.4. The van der Waals surface area contributed by atoms with Gasteiger partial charge in [0, 0.05) is 0 Å². The molecular formula is C12H8Br2N4O. The van der Waals surface area contributed by atoms with Crippen molar-refractivity contribution in [3.63, 3.8) is 0 Å². The van der Waals surface area contributed by atoms with Crippen LogP contribution in [0.2, 0.25) is 0 Å². The number of H-pyrrole nitrogens is 1. The van der Waals surface area contributed by atoms with Crippen LogP contribution in [0.1, 0.15) is 9.30 Å². The number of rotatable bonds is 2. The topological polar surface area (TPSA) is 63.6 Å². The molecule has 0 atom stereocenters. The largest absolute Gasteiger partial charge is 0.312 e. The molecule has 0 fully saturated rings. The predicted octanol–water partition coefficient (Wildman–Crippen LogP) is 2.90. The fourth-order valence-corrected chi connectivity index (χ4v) is 2.41. The SMILES string of the molecule is O=c1[nH]cnc2c1cnn2-c1cccc(C(Br)Br)c1. The summed E-state index contributed by atoms with van der Waals surface area (Å²) in [6, 6.07) is 7.81. The lowest BCUT2D eigenvalue weighted by molar-refractivity contribution is 0.893. The number of benzene rings is 1. The van der Waals surface area contributed by atoms with E-state index in [4.69, 9.17) is 0 Å². The van der Waals surface area contributed by atoms with Crippen LogP contribution < -0.4 is 5.56 Å². The Kier molecular flexibility index (Phi) is 3.24. The number of halogens is 2. The quantitative estimate of drug-likeness (QED) is 0.692. The highest BCUT2D eigenvalue weighted by molar-refractivity contribution is 9.24. The molecule has 0 aliphatic heterocycles. The number of nitrogens with zero attached hydrogens (tertiary/aromatic N) is 3. The van der Waals surface area contributed by atoms with Gasteiger partial charge in [-0.2, -0.15) is 5.10 Å². The first-order valence-electron chi connectivity index (χ1n) is 5.47. The van der Waals surface area contributed by atoms with Crippen molar-refractivity contribution in [3.8, 4) is 5.69 Å². The van der Waals surface area contributed by atoms with E-state index < -0.39 is 0 Å². The van der Waals surface area contributed by atoms with E-state index in [2.05, 4.69) is 46.9 Å². The van der Waals surface area contributed by atoms with Crippen LogP contribution in [0.5, 0.6) is 0 Å². The number of nitrogens with one attached hydrogen (secondary N) is 1. The molecule has 19 heavy (non-hydrogen) atoms. The van der Waals surface area contributed by atoms with Crippen molar-refractivity contribution in [2.45, 2.75) is 3.74 Å². The van der Waals surface area contributed by atoms with Gasteiger partial charge in [-0.1, -0.05) is 44.0 Å². The second-order valence-electron chi connectivity index (χ2n) is 3.92. The molecule has 0 saturated heterocycles.